The molecule has 2 atom stereocenters. The second-order valence-electron chi connectivity index (χ2n) is 8.20. The molecule has 2 rings (SSSR count). The number of rotatable bonds is 10. The predicted octanol–water partition coefficient (Wildman–Crippen LogP) is 4.16. The molecule has 1 aromatic heterocycles. The minimum Gasteiger partial charge on any atom is -0.598 e. The van der Waals surface area contributed by atoms with Gasteiger partial charge in [0.2, 0.25) is 0 Å². The van der Waals surface area contributed by atoms with Crippen molar-refractivity contribution in [1.29, 1.82) is 0 Å². The molecule has 0 radical (unpaired) electrons. The SMILES string of the molecule is CCOC(=O)Cn1c(SC)nc(CC[C@H](N[S+]([O-])C(C)(C)C)c2ccc(F)cc2)c(Br)c1=O. The van der Waals surface area contributed by atoms with Crippen LogP contribution in [0.3, 0.4) is 0 Å². The summed E-state index contributed by atoms with van der Waals surface area (Å²) in [7, 11) is 0. The molecule has 0 spiro atoms. The van der Waals surface area contributed by atoms with E-state index in [4.69, 9.17) is 4.74 Å². The first-order chi connectivity index (χ1) is 15.5. The van der Waals surface area contributed by atoms with Crippen LogP contribution in [-0.2, 0) is 33.9 Å². The highest BCUT2D eigenvalue weighted by atomic mass is 79.9. The monoisotopic (exact) mass is 561 g/mol. The Hall–Kier alpha value is -1.40. The van der Waals surface area contributed by atoms with Crippen molar-refractivity contribution in [3.8, 4) is 0 Å². The topological polar surface area (TPSA) is 96.3 Å². The number of aryl methyl sites for hydroxylation is 1. The molecule has 2 aromatic rings. The van der Waals surface area contributed by atoms with E-state index in [9.17, 15) is 18.5 Å². The molecule has 0 saturated heterocycles. The van der Waals surface area contributed by atoms with Gasteiger partial charge in [-0.05, 0) is 80.4 Å². The largest absolute Gasteiger partial charge is 0.598 e. The molecule has 0 fully saturated rings. The number of thioether (sulfide) groups is 1. The van der Waals surface area contributed by atoms with Gasteiger partial charge in [-0.3, -0.25) is 14.2 Å². The van der Waals surface area contributed by atoms with E-state index in [0.717, 1.165) is 5.56 Å². The molecular formula is C22H29BrFN3O4S2. The Kier molecular flexibility index (Phi) is 10.4. The number of benzene rings is 1. The number of carbonyl (C=O) groups is 1. The quantitative estimate of drug-likeness (QED) is 0.201. The molecule has 33 heavy (non-hydrogen) atoms. The van der Waals surface area contributed by atoms with Crippen LogP contribution in [0.2, 0.25) is 0 Å². The zero-order valence-corrected chi connectivity index (χ0v) is 22.5. The maximum atomic E-state index is 13.4. The van der Waals surface area contributed by atoms with E-state index in [1.165, 1.54) is 28.5 Å². The number of esters is 1. The van der Waals surface area contributed by atoms with Crippen LogP contribution in [0.4, 0.5) is 4.39 Å². The molecule has 1 N–H and O–H groups in total. The minimum atomic E-state index is -1.36. The molecule has 0 amide bonds. The van der Waals surface area contributed by atoms with E-state index in [2.05, 4.69) is 25.6 Å². The Morgan fingerprint density at radius 3 is 2.55 bits per heavy atom. The summed E-state index contributed by atoms with van der Waals surface area (Å²) in [4.78, 5) is 29.4. The van der Waals surface area contributed by atoms with Crippen molar-refractivity contribution in [2.45, 2.75) is 63.0 Å². The van der Waals surface area contributed by atoms with E-state index >= 15 is 0 Å². The number of hydrogen-bond acceptors (Lipinski definition) is 7. The highest BCUT2D eigenvalue weighted by molar-refractivity contribution is 9.10. The molecular weight excluding hydrogens is 533 g/mol. The molecule has 0 aliphatic rings. The maximum absolute atomic E-state index is 13.4. The Bertz CT molecular complexity index is 1010. The van der Waals surface area contributed by atoms with Gasteiger partial charge in [0.1, 0.15) is 21.6 Å². The molecule has 182 valence electrons. The lowest BCUT2D eigenvalue weighted by Crippen LogP contribution is -2.41. The highest BCUT2D eigenvalue weighted by Gasteiger charge is 2.30. The van der Waals surface area contributed by atoms with Crippen LogP contribution >= 0.6 is 27.7 Å². The van der Waals surface area contributed by atoms with Gasteiger partial charge in [0.15, 0.2) is 5.16 Å². The number of hydrogen-bond donors (Lipinski definition) is 1. The van der Waals surface area contributed by atoms with Crippen LogP contribution < -0.4 is 10.3 Å². The fourth-order valence-corrected chi connectivity index (χ4v) is 4.86. The third-order valence-corrected chi connectivity index (χ3v) is 7.76. The van der Waals surface area contributed by atoms with Gasteiger partial charge >= 0.3 is 5.97 Å². The predicted molar refractivity (Wildman–Crippen MR) is 133 cm³/mol. The number of nitrogens with one attached hydrogen (secondary N) is 1. The van der Waals surface area contributed by atoms with Crippen molar-refractivity contribution >= 4 is 45.0 Å². The molecule has 0 saturated carbocycles. The third-order valence-electron chi connectivity index (χ3n) is 4.67. The number of aromatic nitrogens is 2. The zero-order chi connectivity index (χ0) is 24.8. The van der Waals surface area contributed by atoms with Crippen LogP contribution in [0.15, 0.2) is 38.7 Å². The van der Waals surface area contributed by atoms with Crippen LogP contribution in [0.25, 0.3) is 0 Å². The second-order valence-corrected chi connectivity index (χ2v) is 11.8. The Morgan fingerprint density at radius 2 is 2.00 bits per heavy atom. The molecule has 7 nitrogen and oxygen atoms in total. The average molecular weight is 563 g/mol. The van der Waals surface area contributed by atoms with Crippen molar-refractivity contribution in [3.63, 3.8) is 0 Å². The maximum Gasteiger partial charge on any atom is 0.326 e. The van der Waals surface area contributed by atoms with E-state index in [1.54, 1.807) is 25.3 Å². The summed E-state index contributed by atoms with van der Waals surface area (Å²) in [5.41, 5.74) is 0.938. The summed E-state index contributed by atoms with van der Waals surface area (Å²) in [5, 5.41) is 0.399. The van der Waals surface area contributed by atoms with Gasteiger partial charge in [-0.15, -0.1) is 4.72 Å². The molecule has 11 heteroatoms. The minimum absolute atomic E-state index is 0.223. The highest BCUT2D eigenvalue weighted by Crippen LogP contribution is 2.26. The smallest absolute Gasteiger partial charge is 0.326 e. The standard InChI is InChI=1S/C22H29BrFN3O4S2/c1-6-31-18(28)13-27-20(29)19(23)17(25-21(27)32-5)12-11-16(26-33(30)22(2,3)4)14-7-9-15(24)10-8-14/h7-10,16,26H,6,11-13H2,1-5H3/t16-,33?/m0/s1. The Labute approximate surface area is 209 Å². The van der Waals surface area contributed by atoms with Crippen molar-refractivity contribution < 1.29 is 18.5 Å². The molecule has 1 heterocycles. The molecule has 0 aliphatic carbocycles. The summed E-state index contributed by atoms with van der Waals surface area (Å²) >= 11 is 3.23. The van der Waals surface area contributed by atoms with E-state index < -0.39 is 22.1 Å². The first-order valence-corrected chi connectivity index (χ1v) is 13.6. The molecule has 1 aromatic carbocycles. The summed E-state index contributed by atoms with van der Waals surface area (Å²) in [6.07, 6.45) is 2.63. The fraction of sp³-hybridized carbons (Fsp3) is 0.500. The average Bonchev–Trinajstić information content (AvgIpc) is 2.75. The lowest BCUT2D eigenvalue weighted by molar-refractivity contribution is -0.144. The van der Waals surface area contributed by atoms with Crippen molar-refractivity contribution in [2.24, 2.45) is 0 Å². The summed E-state index contributed by atoms with van der Waals surface area (Å²) < 4.78 is 35.3. The first kappa shape index (κ1) is 27.8. The van der Waals surface area contributed by atoms with Gasteiger partial charge in [-0.25, -0.2) is 9.37 Å². The van der Waals surface area contributed by atoms with Gasteiger partial charge in [0.25, 0.3) is 5.56 Å². The fourth-order valence-electron chi connectivity index (χ4n) is 2.93. The Balaban J connectivity index is 2.32. The van der Waals surface area contributed by atoms with E-state index in [-0.39, 0.29) is 35.0 Å². The van der Waals surface area contributed by atoms with E-state index in [0.29, 0.717) is 23.7 Å². The zero-order valence-electron chi connectivity index (χ0n) is 19.3. The summed E-state index contributed by atoms with van der Waals surface area (Å²) in [5.74, 6) is -0.865. The van der Waals surface area contributed by atoms with E-state index in [1.807, 2.05) is 20.8 Å². The van der Waals surface area contributed by atoms with Crippen molar-refractivity contribution in [1.82, 2.24) is 14.3 Å². The normalized spacial score (nSPS) is 13.6. The number of ether oxygens (including phenoxy) is 1. The van der Waals surface area contributed by atoms with Gasteiger partial charge in [-0.2, -0.15) is 0 Å². The van der Waals surface area contributed by atoms with Crippen LogP contribution in [-0.4, -0.2) is 37.7 Å². The summed E-state index contributed by atoms with van der Waals surface area (Å²) in [6.45, 7) is 7.30. The van der Waals surface area contributed by atoms with Crippen LogP contribution in [0.1, 0.15) is 51.4 Å². The third kappa shape index (κ3) is 7.81. The van der Waals surface area contributed by atoms with Crippen molar-refractivity contribution in [3.05, 3.63) is 56.2 Å². The molecule has 0 aliphatic heterocycles. The molecule has 1 unspecified atom stereocenters. The Morgan fingerprint density at radius 1 is 1.36 bits per heavy atom. The second kappa shape index (κ2) is 12.3. The number of nitrogens with zero attached hydrogens (tertiary/aromatic N) is 2. The van der Waals surface area contributed by atoms with Crippen LogP contribution in [0.5, 0.6) is 0 Å². The molecule has 0 bridgehead atoms. The van der Waals surface area contributed by atoms with Gasteiger partial charge < -0.3 is 9.29 Å². The lowest BCUT2D eigenvalue weighted by Gasteiger charge is -2.28. The number of carbonyl (C=O) groups excluding carboxylic acids is 1. The van der Waals surface area contributed by atoms with Gasteiger partial charge in [0.05, 0.1) is 18.3 Å². The van der Waals surface area contributed by atoms with Gasteiger partial charge in [-0.1, -0.05) is 23.9 Å². The van der Waals surface area contributed by atoms with Crippen molar-refractivity contribution in [2.75, 3.05) is 12.9 Å². The van der Waals surface area contributed by atoms with Crippen LogP contribution in [0, 0.1) is 5.82 Å². The summed E-state index contributed by atoms with van der Waals surface area (Å²) in [6, 6.07) is 5.68. The number of halogens is 2. The van der Waals surface area contributed by atoms with Gasteiger partial charge in [0, 0.05) is 11.4 Å². The lowest BCUT2D eigenvalue weighted by atomic mass is 10.0. The first-order valence-electron chi connectivity index (χ1n) is 10.4.